The molecule has 0 bridgehead atoms. The van der Waals surface area contributed by atoms with E-state index in [1.807, 2.05) is 6.92 Å². The maximum Gasteiger partial charge on any atom is 0.408 e. The molecule has 1 heterocycles. The van der Waals surface area contributed by atoms with Crippen molar-refractivity contribution >= 4 is 6.09 Å². The summed E-state index contributed by atoms with van der Waals surface area (Å²) in [5.74, 6) is -2.64. The van der Waals surface area contributed by atoms with E-state index in [1.54, 1.807) is 12.1 Å². The number of hydrogen-bond acceptors (Lipinski definition) is 3. The lowest BCUT2D eigenvalue weighted by molar-refractivity contribution is -0.104. The van der Waals surface area contributed by atoms with Crippen molar-refractivity contribution in [2.75, 3.05) is 13.7 Å². The van der Waals surface area contributed by atoms with Crippen LogP contribution >= 0.6 is 0 Å². The predicted octanol–water partition coefficient (Wildman–Crippen LogP) is 2.42. The number of carbonyl (C=O) groups excluding carboxylic acids is 1. The Morgan fingerprint density at radius 2 is 2.22 bits per heavy atom. The Balaban J connectivity index is 2.37. The first-order valence-corrected chi connectivity index (χ1v) is 5.39. The lowest BCUT2D eigenvalue weighted by Crippen LogP contribution is -2.49. The molecule has 0 radical (unpaired) electrons. The minimum absolute atomic E-state index is 0.291. The Bertz CT molecular complexity index is 476. The van der Waals surface area contributed by atoms with Crippen LogP contribution in [0.4, 0.5) is 13.6 Å². The van der Waals surface area contributed by atoms with Gasteiger partial charge in [-0.05, 0) is 24.1 Å². The number of nitrogens with one attached hydrogen (secondary N) is 1. The second-order valence-corrected chi connectivity index (χ2v) is 4.14. The van der Waals surface area contributed by atoms with Gasteiger partial charge in [-0.25, -0.2) is 13.6 Å². The first-order chi connectivity index (χ1) is 8.44. The topological polar surface area (TPSA) is 47.6 Å². The van der Waals surface area contributed by atoms with Gasteiger partial charge in [0.1, 0.15) is 11.8 Å². The molecule has 1 aromatic rings. The van der Waals surface area contributed by atoms with Crippen LogP contribution < -0.4 is 10.1 Å². The second kappa shape index (κ2) is 4.44. The Labute approximate surface area is 103 Å². The van der Waals surface area contributed by atoms with Gasteiger partial charge in [-0.1, -0.05) is 12.1 Å². The average Bonchev–Trinajstić information content (AvgIpc) is 2.33. The number of amides is 1. The molecule has 0 aliphatic carbocycles. The van der Waals surface area contributed by atoms with E-state index in [2.05, 4.69) is 10.1 Å². The number of alkyl halides is 2. The van der Waals surface area contributed by atoms with E-state index in [1.165, 1.54) is 13.2 Å². The zero-order valence-corrected chi connectivity index (χ0v) is 10.00. The highest BCUT2D eigenvalue weighted by atomic mass is 19.3. The molecule has 18 heavy (non-hydrogen) atoms. The van der Waals surface area contributed by atoms with E-state index < -0.39 is 24.7 Å². The maximum atomic E-state index is 13.7. The van der Waals surface area contributed by atoms with Gasteiger partial charge in [-0.2, -0.15) is 0 Å². The van der Waals surface area contributed by atoms with Crippen LogP contribution in [-0.4, -0.2) is 25.7 Å². The van der Waals surface area contributed by atoms with Crippen molar-refractivity contribution in [3.05, 3.63) is 29.3 Å². The number of ether oxygens (including phenoxy) is 2. The molecule has 1 fully saturated rings. The van der Waals surface area contributed by atoms with Crippen LogP contribution in [0.5, 0.6) is 5.75 Å². The fourth-order valence-electron chi connectivity index (χ4n) is 1.85. The van der Waals surface area contributed by atoms with E-state index in [0.717, 1.165) is 5.56 Å². The maximum absolute atomic E-state index is 13.7. The van der Waals surface area contributed by atoms with Crippen LogP contribution in [-0.2, 0) is 4.74 Å². The smallest absolute Gasteiger partial charge is 0.408 e. The molecule has 6 heteroatoms. The van der Waals surface area contributed by atoms with Crippen molar-refractivity contribution in [2.45, 2.75) is 18.9 Å². The van der Waals surface area contributed by atoms with Gasteiger partial charge in [0.05, 0.1) is 7.11 Å². The zero-order chi connectivity index (χ0) is 13.3. The van der Waals surface area contributed by atoms with Gasteiger partial charge in [-0.15, -0.1) is 0 Å². The zero-order valence-electron chi connectivity index (χ0n) is 10.00. The summed E-state index contributed by atoms with van der Waals surface area (Å²) in [7, 11) is 1.47. The normalized spacial score (nSPS) is 22.0. The third-order valence-corrected chi connectivity index (χ3v) is 2.85. The highest BCUT2D eigenvalue weighted by Crippen LogP contribution is 2.36. The summed E-state index contributed by atoms with van der Waals surface area (Å²) < 4.78 is 36.7. The average molecular weight is 257 g/mol. The third-order valence-electron chi connectivity index (χ3n) is 2.85. The fraction of sp³-hybridized carbons (Fsp3) is 0.417. The molecule has 1 saturated heterocycles. The molecule has 0 unspecified atom stereocenters. The SMILES string of the molecule is COc1cc([C@H]2NC(=O)OCC2(F)F)ccc1C. The fourth-order valence-corrected chi connectivity index (χ4v) is 1.85. The Hall–Kier alpha value is -1.85. The molecule has 1 amide bonds. The monoisotopic (exact) mass is 257 g/mol. The number of hydrogen-bond donors (Lipinski definition) is 1. The van der Waals surface area contributed by atoms with E-state index in [9.17, 15) is 13.6 Å². The van der Waals surface area contributed by atoms with E-state index in [-0.39, 0.29) is 0 Å². The molecular formula is C12H13F2NO3. The number of methoxy groups -OCH3 is 1. The van der Waals surface area contributed by atoms with Crippen molar-refractivity contribution < 1.29 is 23.0 Å². The highest BCUT2D eigenvalue weighted by Gasteiger charge is 2.46. The molecular weight excluding hydrogens is 244 g/mol. The van der Waals surface area contributed by atoms with Gasteiger partial charge in [-0.3, -0.25) is 0 Å². The van der Waals surface area contributed by atoms with Crippen molar-refractivity contribution in [3.8, 4) is 5.75 Å². The molecule has 4 nitrogen and oxygen atoms in total. The van der Waals surface area contributed by atoms with Crippen LogP contribution in [0.2, 0.25) is 0 Å². The first kappa shape index (κ1) is 12.6. The van der Waals surface area contributed by atoms with Crippen LogP contribution in [0.25, 0.3) is 0 Å². The van der Waals surface area contributed by atoms with E-state index in [0.29, 0.717) is 11.3 Å². The van der Waals surface area contributed by atoms with Crippen LogP contribution in [0.1, 0.15) is 17.2 Å². The molecule has 2 rings (SSSR count). The van der Waals surface area contributed by atoms with Crippen molar-refractivity contribution in [3.63, 3.8) is 0 Å². The summed E-state index contributed by atoms with van der Waals surface area (Å²) in [6, 6.07) is 3.32. The summed E-state index contributed by atoms with van der Waals surface area (Å²) in [6.07, 6.45) is -0.842. The Morgan fingerprint density at radius 3 is 2.89 bits per heavy atom. The number of cyclic esters (lactones) is 1. The van der Waals surface area contributed by atoms with Crippen molar-refractivity contribution in [1.29, 1.82) is 0 Å². The highest BCUT2D eigenvalue weighted by molar-refractivity contribution is 5.69. The molecule has 1 N–H and O–H groups in total. The van der Waals surface area contributed by atoms with Crippen LogP contribution in [0.15, 0.2) is 18.2 Å². The van der Waals surface area contributed by atoms with Crippen LogP contribution in [0.3, 0.4) is 0 Å². The molecule has 1 aliphatic rings. The molecule has 98 valence electrons. The molecule has 0 aromatic heterocycles. The van der Waals surface area contributed by atoms with Crippen LogP contribution in [0, 0.1) is 6.92 Å². The van der Waals surface area contributed by atoms with Crippen molar-refractivity contribution in [1.82, 2.24) is 5.32 Å². The number of halogens is 2. The summed E-state index contributed by atoms with van der Waals surface area (Å²) in [4.78, 5) is 11.1. The molecule has 1 aliphatic heterocycles. The summed E-state index contributed by atoms with van der Waals surface area (Å²) >= 11 is 0. The third kappa shape index (κ3) is 2.23. The molecule has 1 aromatic carbocycles. The molecule has 0 saturated carbocycles. The molecule has 1 atom stereocenters. The minimum atomic E-state index is -3.14. The minimum Gasteiger partial charge on any atom is -0.496 e. The largest absolute Gasteiger partial charge is 0.496 e. The number of rotatable bonds is 2. The predicted molar refractivity (Wildman–Crippen MR) is 59.9 cm³/mol. The van der Waals surface area contributed by atoms with Gasteiger partial charge in [0.2, 0.25) is 0 Å². The summed E-state index contributed by atoms with van der Waals surface area (Å²) in [5.41, 5.74) is 1.13. The molecule has 0 spiro atoms. The van der Waals surface area contributed by atoms with Gasteiger partial charge in [0, 0.05) is 0 Å². The second-order valence-electron chi connectivity index (χ2n) is 4.14. The lowest BCUT2D eigenvalue weighted by atomic mass is 9.98. The first-order valence-electron chi connectivity index (χ1n) is 5.39. The van der Waals surface area contributed by atoms with Gasteiger partial charge in [0.15, 0.2) is 6.61 Å². The van der Waals surface area contributed by atoms with Crippen molar-refractivity contribution in [2.24, 2.45) is 0 Å². The summed E-state index contributed by atoms with van der Waals surface area (Å²) in [6.45, 7) is 0.892. The number of carbonyl (C=O) groups is 1. The number of alkyl carbamates (subject to hydrolysis) is 1. The summed E-state index contributed by atoms with van der Waals surface area (Å²) in [5, 5.41) is 2.13. The van der Waals surface area contributed by atoms with E-state index in [4.69, 9.17) is 4.74 Å². The number of aryl methyl sites for hydroxylation is 1. The number of benzene rings is 1. The quantitative estimate of drug-likeness (QED) is 0.885. The Kier molecular flexibility index (Phi) is 3.11. The Morgan fingerprint density at radius 1 is 1.50 bits per heavy atom. The van der Waals surface area contributed by atoms with Gasteiger partial charge >= 0.3 is 12.0 Å². The van der Waals surface area contributed by atoms with Gasteiger partial charge in [0.25, 0.3) is 0 Å². The van der Waals surface area contributed by atoms with Gasteiger partial charge < -0.3 is 14.8 Å². The standard InChI is InChI=1S/C12H13F2NO3/c1-7-3-4-8(5-9(7)17-2)10-12(13,14)6-18-11(16)15-10/h3-5,10H,6H2,1-2H3,(H,15,16)/t10-/m1/s1. The van der Waals surface area contributed by atoms with E-state index >= 15 is 0 Å². The lowest BCUT2D eigenvalue weighted by Gasteiger charge is -2.32.